The molecule has 0 saturated heterocycles. The van der Waals surface area contributed by atoms with Gasteiger partial charge in [0.2, 0.25) is 0 Å². The SMILES string of the molecule is CC1CCCC(NCC2(CC#N)CC2)C1C. The average Bonchev–Trinajstić information content (AvgIpc) is 3.02. The molecule has 0 aromatic rings. The van der Waals surface area contributed by atoms with Crippen molar-refractivity contribution >= 4 is 0 Å². The van der Waals surface area contributed by atoms with Crippen molar-refractivity contribution in [1.29, 1.82) is 5.26 Å². The van der Waals surface area contributed by atoms with Crippen LogP contribution < -0.4 is 5.32 Å². The lowest BCUT2D eigenvalue weighted by Gasteiger charge is -2.35. The van der Waals surface area contributed by atoms with E-state index in [0.29, 0.717) is 11.5 Å². The van der Waals surface area contributed by atoms with E-state index in [1.807, 2.05) is 0 Å². The van der Waals surface area contributed by atoms with E-state index in [1.165, 1.54) is 32.1 Å². The predicted octanol–water partition coefficient (Wildman–Crippen LogP) is 3.09. The van der Waals surface area contributed by atoms with E-state index < -0.39 is 0 Å². The van der Waals surface area contributed by atoms with Crippen molar-refractivity contribution in [2.45, 2.75) is 58.4 Å². The van der Waals surface area contributed by atoms with Gasteiger partial charge in [-0.15, -0.1) is 0 Å². The normalized spacial score (nSPS) is 36.7. The molecule has 2 aliphatic rings. The second-order valence-electron chi connectivity index (χ2n) is 6.09. The number of hydrogen-bond acceptors (Lipinski definition) is 2. The van der Waals surface area contributed by atoms with Crippen molar-refractivity contribution in [2.75, 3.05) is 6.54 Å². The molecule has 16 heavy (non-hydrogen) atoms. The van der Waals surface area contributed by atoms with Gasteiger partial charge in [0.05, 0.1) is 6.07 Å². The Morgan fingerprint density at radius 3 is 2.69 bits per heavy atom. The maximum absolute atomic E-state index is 8.80. The number of nitrogens with zero attached hydrogens (tertiary/aromatic N) is 1. The van der Waals surface area contributed by atoms with Gasteiger partial charge < -0.3 is 5.32 Å². The fourth-order valence-corrected chi connectivity index (χ4v) is 2.98. The van der Waals surface area contributed by atoms with Crippen LogP contribution >= 0.6 is 0 Å². The summed E-state index contributed by atoms with van der Waals surface area (Å²) in [5.41, 5.74) is 0.356. The molecule has 2 nitrogen and oxygen atoms in total. The summed E-state index contributed by atoms with van der Waals surface area (Å²) in [5, 5.41) is 12.5. The van der Waals surface area contributed by atoms with E-state index in [0.717, 1.165) is 24.8 Å². The minimum Gasteiger partial charge on any atom is -0.313 e. The van der Waals surface area contributed by atoms with Gasteiger partial charge in [0.1, 0.15) is 0 Å². The molecule has 1 N–H and O–H groups in total. The molecule has 0 aromatic heterocycles. The quantitative estimate of drug-likeness (QED) is 0.790. The Labute approximate surface area is 99.4 Å². The van der Waals surface area contributed by atoms with Crippen LogP contribution in [0.2, 0.25) is 0 Å². The Morgan fingerprint density at radius 2 is 2.06 bits per heavy atom. The average molecular weight is 220 g/mol. The lowest BCUT2D eigenvalue weighted by molar-refractivity contribution is 0.199. The van der Waals surface area contributed by atoms with Gasteiger partial charge >= 0.3 is 0 Å². The van der Waals surface area contributed by atoms with Crippen LogP contribution in [-0.2, 0) is 0 Å². The van der Waals surface area contributed by atoms with E-state index in [1.54, 1.807) is 0 Å². The van der Waals surface area contributed by atoms with Crippen LogP contribution in [0.4, 0.5) is 0 Å². The topological polar surface area (TPSA) is 35.8 Å². The molecule has 2 rings (SSSR count). The molecule has 2 aliphatic carbocycles. The molecule has 2 heteroatoms. The molecule has 3 unspecified atom stereocenters. The van der Waals surface area contributed by atoms with E-state index in [9.17, 15) is 0 Å². The number of rotatable bonds is 4. The zero-order chi connectivity index (χ0) is 11.6. The lowest BCUT2D eigenvalue weighted by atomic mass is 9.78. The first kappa shape index (κ1) is 11.9. The third kappa shape index (κ3) is 2.58. The van der Waals surface area contributed by atoms with Crippen LogP contribution in [0.5, 0.6) is 0 Å². The first-order chi connectivity index (χ1) is 7.67. The van der Waals surface area contributed by atoms with Gasteiger partial charge in [0, 0.05) is 19.0 Å². The van der Waals surface area contributed by atoms with Crippen molar-refractivity contribution in [3.63, 3.8) is 0 Å². The second-order valence-corrected chi connectivity index (χ2v) is 6.09. The summed E-state index contributed by atoms with van der Waals surface area (Å²) in [6.07, 6.45) is 7.34. The summed E-state index contributed by atoms with van der Waals surface area (Å²) in [4.78, 5) is 0. The lowest BCUT2D eigenvalue weighted by Crippen LogP contribution is -2.43. The number of nitriles is 1. The standard InChI is InChI=1S/C14H24N2/c1-11-4-3-5-13(12(11)2)16-10-14(6-7-14)8-9-15/h11-13,16H,3-8,10H2,1-2H3. The summed E-state index contributed by atoms with van der Waals surface area (Å²) in [7, 11) is 0. The van der Waals surface area contributed by atoms with Gasteiger partial charge in [-0.2, -0.15) is 5.26 Å². The fourth-order valence-electron chi connectivity index (χ4n) is 2.98. The monoisotopic (exact) mass is 220 g/mol. The highest BCUT2D eigenvalue weighted by molar-refractivity contribution is 5.01. The molecule has 3 atom stereocenters. The minimum atomic E-state index is 0.356. The fraction of sp³-hybridized carbons (Fsp3) is 0.929. The molecule has 0 amide bonds. The van der Waals surface area contributed by atoms with Crippen LogP contribution in [-0.4, -0.2) is 12.6 Å². The molecular weight excluding hydrogens is 196 g/mol. The maximum Gasteiger partial charge on any atom is 0.0628 e. The highest BCUT2D eigenvalue weighted by Gasteiger charge is 2.42. The third-order valence-electron chi connectivity index (χ3n) is 4.86. The second kappa shape index (κ2) is 4.75. The molecule has 0 aliphatic heterocycles. The molecule has 90 valence electrons. The third-order valence-corrected chi connectivity index (χ3v) is 4.86. The Bertz CT molecular complexity index is 275. The summed E-state index contributed by atoms with van der Waals surface area (Å²) < 4.78 is 0. The Kier molecular flexibility index (Phi) is 3.54. The molecule has 2 saturated carbocycles. The van der Waals surface area contributed by atoms with Crippen LogP contribution in [0.25, 0.3) is 0 Å². The first-order valence-corrected chi connectivity index (χ1v) is 6.77. The predicted molar refractivity (Wildman–Crippen MR) is 65.9 cm³/mol. The molecule has 0 aromatic carbocycles. The van der Waals surface area contributed by atoms with E-state index >= 15 is 0 Å². The smallest absolute Gasteiger partial charge is 0.0628 e. The zero-order valence-electron chi connectivity index (χ0n) is 10.6. The van der Waals surface area contributed by atoms with Gasteiger partial charge in [0.25, 0.3) is 0 Å². The van der Waals surface area contributed by atoms with Crippen molar-refractivity contribution < 1.29 is 0 Å². The summed E-state index contributed by atoms with van der Waals surface area (Å²) in [5.74, 6) is 1.66. The molecule has 0 spiro atoms. The Morgan fingerprint density at radius 1 is 1.31 bits per heavy atom. The van der Waals surface area contributed by atoms with Gasteiger partial charge in [-0.3, -0.25) is 0 Å². The Balaban J connectivity index is 1.79. The molecule has 0 heterocycles. The highest BCUT2D eigenvalue weighted by atomic mass is 14.9. The summed E-state index contributed by atoms with van der Waals surface area (Å²) in [6, 6.07) is 3.03. The summed E-state index contributed by atoms with van der Waals surface area (Å²) in [6.45, 7) is 5.83. The van der Waals surface area contributed by atoms with Crippen molar-refractivity contribution in [3.8, 4) is 6.07 Å². The van der Waals surface area contributed by atoms with E-state index in [2.05, 4.69) is 25.2 Å². The van der Waals surface area contributed by atoms with Gasteiger partial charge in [-0.05, 0) is 36.5 Å². The van der Waals surface area contributed by atoms with Crippen molar-refractivity contribution in [3.05, 3.63) is 0 Å². The zero-order valence-corrected chi connectivity index (χ0v) is 10.6. The highest BCUT2D eigenvalue weighted by Crippen LogP contribution is 2.48. The van der Waals surface area contributed by atoms with Crippen LogP contribution in [0.1, 0.15) is 52.4 Å². The van der Waals surface area contributed by atoms with Gasteiger partial charge in [-0.1, -0.05) is 26.7 Å². The number of hydrogen-bond donors (Lipinski definition) is 1. The van der Waals surface area contributed by atoms with E-state index in [4.69, 9.17) is 5.26 Å². The first-order valence-electron chi connectivity index (χ1n) is 6.77. The van der Waals surface area contributed by atoms with Crippen molar-refractivity contribution in [1.82, 2.24) is 5.32 Å². The van der Waals surface area contributed by atoms with Crippen molar-refractivity contribution in [2.24, 2.45) is 17.3 Å². The molecular formula is C14H24N2. The van der Waals surface area contributed by atoms with Gasteiger partial charge in [0.15, 0.2) is 0 Å². The van der Waals surface area contributed by atoms with E-state index in [-0.39, 0.29) is 0 Å². The van der Waals surface area contributed by atoms with Gasteiger partial charge in [-0.25, -0.2) is 0 Å². The van der Waals surface area contributed by atoms with Crippen LogP contribution in [0.3, 0.4) is 0 Å². The Hall–Kier alpha value is -0.550. The molecule has 0 bridgehead atoms. The molecule has 0 radical (unpaired) electrons. The molecule has 2 fully saturated rings. The maximum atomic E-state index is 8.80. The summed E-state index contributed by atoms with van der Waals surface area (Å²) >= 11 is 0. The number of nitrogens with one attached hydrogen (secondary N) is 1. The van der Waals surface area contributed by atoms with Crippen LogP contribution in [0, 0.1) is 28.6 Å². The van der Waals surface area contributed by atoms with Crippen LogP contribution in [0.15, 0.2) is 0 Å². The largest absolute Gasteiger partial charge is 0.313 e. The minimum absolute atomic E-state index is 0.356.